The summed E-state index contributed by atoms with van der Waals surface area (Å²) in [6, 6.07) is 6.40. The summed E-state index contributed by atoms with van der Waals surface area (Å²) in [6.45, 7) is 2.26. The molecule has 1 nitrogen and oxygen atoms in total. The van der Waals surface area contributed by atoms with Gasteiger partial charge in [-0.1, -0.05) is 6.92 Å². The smallest absolute Gasteiger partial charge is 0.123 e. The van der Waals surface area contributed by atoms with E-state index in [1.165, 1.54) is 30.7 Å². The molecular formula is C13H16FN. The lowest BCUT2D eigenvalue weighted by molar-refractivity contribution is 0.500. The maximum atomic E-state index is 12.7. The molecule has 0 N–H and O–H groups in total. The highest BCUT2D eigenvalue weighted by atomic mass is 19.1. The Hall–Kier alpha value is -1.18. The second-order valence-electron chi connectivity index (χ2n) is 4.36. The second-order valence-corrected chi connectivity index (χ2v) is 4.36. The fraction of sp³-hybridized carbons (Fsp3) is 0.462. The minimum absolute atomic E-state index is 0.198. The lowest BCUT2D eigenvalue weighted by atomic mass is 9.89. The molecule has 0 bridgehead atoms. The first-order chi connectivity index (χ1) is 7.24. The molecule has 2 rings (SSSR count). The van der Waals surface area contributed by atoms with E-state index in [2.05, 4.69) is 11.9 Å². The van der Waals surface area contributed by atoms with Gasteiger partial charge in [0.2, 0.25) is 0 Å². The van der Waals surface area contributed by atoms with Gasteiger partial charge in [-0.25, -0.2) is 4.39 Å². The quantitative estimate of drug-likeness (QED) is 0.654. The SMILES string of the molecule is CC1CCCC(=Nc2ccc(F)cc2)C1. The molecule has 1 aromatic rings. The maximum Gasteiger partial charge on any atom is 0.123 e. The van der Waals surface area contributed by atoms with E-state index in [9.17, 15) is 4.39 Å². The summed E-state index contributed by atoms with van der Waals surface area (Å²) in [5, 5.41) is 0. The molecule has 1 saturated carbocycles. The van der Waals surface area contributed by atoms with Crippen LogP contribution in [0.15, 0.2) is 29.3 Å². The van der Waals surface area contributed by atoms with Gasteiger partial charge < -0.3 is 0 Å². The Labute approximate surface area is 90.0 Å². The van der Waals surface area contributed by atoms with E-state index in [1.54, 1.807) is 12.1 Å². The molecule has 1 aromatic carbocycles. The van der Waals surface area contributed by atoms with E-state index in [-0.39, 0.29) is 5.82 Å². The van der Waals surface area contributed by atoms with Crippen LogP contribution in [0.3, 0.4) is 0 Å². The minimum Gasteiger partial charge on any atom is -0.258 e. The van der Waals surface area contributed by atoms with Gasteiger partial charge in [0.05, 0.1) is 5.69 Å². The first-order valence-electron chi connectivity index (χ1n) is 5.56. The Morgan fingerprint density at radius 1 is 1.27 bits per heavy atom. The van der Waals surface area contributed by atoms with Crippen molar-refractivity contribution in [2.24, 2.45) is 10.9 Å². The van der Waals surface area contributed by atoms with E-state index >= 15 is 0 Å². The summed E-state index contributed by atoms with van der Waals surface area (Å²) in [6.07, 6.45) is 4.74. The molecule has 1 unspecified atom stereocenters. The fourth-order valence-corrected chi connectivity index (χ4v) is 2.06. The molecule has 2 heteroatoms. The molecule has 15 heavy (non-hydrogen) atoms. The summed E-state index contributed by atoms with van der Waals surface area (Å²) in [5.74, 6) is 0.550. The number of nitrogens with zero attached hydrogens (tertiary/aromatic N) is 1. The van der Waals surface area contributed by atoms with Gasteiger partial charge in [-0.2, -0.15) is 0 Å². The maximum absolute atomic E-state index is 12.7. The molecule has 0 radical (unpaired) electrons. The van der Waals surface area contributed by atoms with Gasteiger partial charge in [-0.3, -0.25) is 4.99 Å². The number of hydrogen-bond donors (Lipinski definition) is 0. The van der Waals surface area contributed by atoms with E-state index in [0.717, 1.165) is 24.4 Å². The molecule has 1 aliphatic carbocycles. The zero-order chi connectivity index (χ0) is 10.7. The summed E-state index contributed by atoms with van der Waals surface area (Å²) in [4.78, 5) is 4.56. The van der Waals surface area contributed by atoms with Crippen LogP contribution in [0.25, 0.3) is 0 Å². The van der Waals surface area contributed by atoms with Crippen LogP contribution in [-0.2, 0) is 0 Å². The molecule has 0 aliphatic heterocycles. The van der Waals surface area contributed by atoms with Crippen molar-refractivity contribution in [3.05, 3.63) is 30.1 Å². The van der Waals surface area contributed by atoms with Gasteiger partial charge in [0.15, 0.2) is 0 Å². The van der Waals surface area contributed by atoms with Crippen LogP contribution in [0.5, 0.6) is 0 Å². The Morgan fingerprint density at radius 2 is 2.00 bits per heavy atom. The molecule has 80 valence electrons. The van der Waals surface area contributed by atoms with Crippen LogP contribution in [0, 0.1) is 11.7 Å². The Balaban J connectivity index is 2.11. The van der Waals surface area contributed by atoms with Crippen molar-refractivity contribution in [1.82, 2.24) is 0 Å². The van der Waals surface area contributed by atoms with E-state index < -0.39 is 0 Å². The van der Waals surface area contributed by atoms with Crippen molar-refractivity contribution in [3.8, 4) is 0 Å². The standard InChI is InChI=1S/C13H16FN/c1-10-3-2-4-13(9-10)15-12-7-5-11(14)6-8-12/h5-8,10H,2-4,9H2,1H3. The Bertz CT molecular complexity index is 353. The number of halogens is 1. The van der Waals surface area contributed by atoms with Gasteiger partial charge >= 0.3 is 0 Å². The zero-order valence-corrected chi connectivity index (χ0v) is 9.04. The van der Waals surface area contributed by atoms with Crippen molar-refractivity contribution >= 4 is 11.4 Å². The summed E-state index contributed by atoms with van der Waals surface area (Å²) >= 11 is 0. The first-order valence-corrected chi connectivity index (χ1v) is 5.56. The van der Waals surface area contributed by atoms with Crippen molar-refractivity contribution in [2.45, 2.75) is 32.6 Å². The summed E-state index contributed by atoms with van der Waals surface area (Å²) in [7, 11) is 0. The highest BCUT2D eigenvalue weighted by Crippen LogP contribution is 2.24. The van der Waals surface area contributed by atoms with Crippen LogP contribution < -0.4 is 0 Å². The highest BCUT2D eigenvalue weighted by Gasteiger charge is 2.13. The average molecular weight is 205 g/mol. The highest BCUT2D eigenvalue weighted by molar-refractivity contribution is 5.87. The lowest BCUT2D eigenvalue weighted by Crippen LogP contribution is -2.12. The van der Waals surface area contributed by atoms with Crippen LogP contribution in [0.4, 0.5) is 10.1 Å². The summed E-state index contributed by atoms with van der Waals surface area (Å²) < 4.78 is 12.7. The minimum atomic E-state index is -0.198. The van der Waals surface area contributed by atoms with Crippen molar-refractivity contribution in [2.75, 3.05) is 0 Å². The van der Waals surface area contributed by atoms with E-state index in [1.807, 2.05) is 0 Å². The predicted molar refractivity (Wildman–Crippen MR) is 61.1 cm³/mol. The largest absolute Gasteiger partial charge is 0.258 e. The van der Waals surface area contributed by atoms with Gasteiger partial charge in [0, 0.05) is 5.71 Å². The molecule has 1 fully saturated rings. The molecule has 0 heterocycles. The number of hydrogen-bond acceptors (Lipinski definition) is 1. The van der Waals surface area contributed by atoms with Gasteiger partial charge in [-0.05, 0) is 55.9 Å². The molecular weight excluding hydrogens is 189 g/mol. The van der Waals surface area contributed by atoms with E-state index in [0.29, 0.717) is 0 Å². The molecule has 1 atom stereocenters. The van der Waals surface area contributed by atoms with Crippen LogP contribution >= 0.6 is 0 Å². The van der Waals surface area contributed by atoms with Gasteiger partial charge in [0.1, 0.15) is 5.82 Å². The summed E-state index contributed by atoms with van der Waals surface area (Å²) in [5.41, 5.74) is 2.14. The number of benzene rings is 1. The monoisotopic (exact) mass is 205 g/mol. The Kier molecular flexibility index (Phi) is 3.14. The Morgan fingerprint density at radius 3 is 2.67 bits per heavy atom. The first kappa shape index (κ1) is 10.3. The number of rotatable bonds is 1. The lowest BCUT2D eigenvalue weighted by Gasteiger charge is -2.19. The third-order valence-corrected chi connectivity index (χ3v) is 2.86. The van der Waals surface area contributed by atoms with Crippen LogP contribution in [0.2, 0.25) is 0 Å². The van der Waals surface area contributed by atoms with Gasteiger partial charge in [0.25, 0.3) is 0 Å². The third kappa shape index (κ3) is 2.88. The third-order valence-electron chi connectivity index (χ3n) is 2.86. The van der Waals surface area contributed by atoms with E-state index in [4.69, 9.17) is 0 Å². The molecule has 1 aliphatic rings. The fourth-order valence-electron chi connectivity index (χ4n) is 2.06. The topological polar surface area (TPSA) is 12.4 Å². The van der Waals surface area contributed by atoms with Crippen molar-refractivity contribution in [1.29, 1.82) is 0 Å². The number of aliphatic imine (C=N–C) groups is 1. The molecule has 0 spiro atoms. The van der Waals surface area contributed by atoms with Gasteiger partial charge in [-0.15, -0.1) is 0 Å². The molecule has 0 amide bonds. The average Bonchev–Trinajstić information content (AvgIpc) is 2.22. The zero-order valence-electron chi connectivity index (χ0n) is 9.04. The molecule has 0 saturated heterocycles. The van der Waals surface area contributed by atoms with Crippen LogP contribution in [0.1, 0.15) is 32.6 Å². The molecule has 0 aromatic heterocycles. The second kappa shape index (κ2) is 4.56. The van der Waals surface area contributed by atoms with Crippen molar-refractivity contribution in [3.63, 3.8) is 0 Å². The van der Waals surface area contributed by atoms with Crippen LogP contribution in [-0.4, -0.2) is 5.71 Å². The normalized spacial score (nSPS) is 24.4. The van der Waals surface area contributed by atoms with Crippen molar-refractivity contribution < 1.29 is 4.39 Å². The predicted octanol–water partition coefficient (Wildman–Crippen LogP) is 4.11.